The Hall–Kier alpha value is -0.630. The first-order chi connectivity index (χ1) is 14.4. The monoisotopic (exact) mass is 426 g/mol. The normalized spacial score (nSPS) is 55.7. The van der Waals surface area contributed by atoms with Crippen LogP contribution in [0.25, 0.3) is 0 Å². The Morgan fingerprint density at radius 3 is 2.39 bits per heavy atom. The Morgan fingerprint density at radius 2 is 1.68 bits per heavy atom. The first kappa shape index (κ1) is 22.2. The molecule has 0 radical (unpaired) electrons. The molecule has 5 aliphatic carbocycles. The summed E-state index contributed by atoms with van der Waals surface area (Å²) in [5.41, 5.74) is 2.43. The molecular weight excluding hydrogens is 380 g/mol. The van der Waals surface area contributed by atoms with Gasteiger partial charge in [0.05, 0.1) is 6.10 Å². The lowest BCUT2D eigenvalue weighted by atomic mass is 9.34. The molecule has 0 bridgehead atoms. The summed E-state index contributed by atoms with van der Waals surface area (Å²) in [6.45, 7) is 14.9. The van der Waals surface area contributed by atoms with Gasteiger partial charge in [0.25, 0.3) is 0 Å². The van der Waals surface area contributed by atoms with E-state index in [2.05, 4.69) is 47.6 Å². The lowest BCUT2D eigenvalue weighted by Crippen LogP contribution is -2.64. The second-order valence-electron chi connectivity index (χ2n) is 14.0. The average Bonchev–Trinajstić information content (AvgIpc) is 2.72. The molecule has 1 N–H and O–H groups in total. The van der Waals surface area contributed by atoms with Gasteiger partial charge in [0.15, 0.2) is 0 Å². The van der Waals surface area contributed by atoms with Crippen LogP contribution in [-0.4, -0.2) is 17.5 Å². The highest BCUT2D eigenvalue weighted by atomic mass is 16.3. The minimum Gasteiger partial charge on any atom is -0.393 e. The molecule has 0 spiro atoms. The van der Waals surface area contributed by atoms with Crippen molar-refractivity contribution in [1.29, 1.82) is 0 Å². The molecule has 31 heavy (non-hydrogen) atoms. The maximum atomic E-state index is 12.5. The van der Waals surface area contributed by atoms with Crippen LogP contribution in [-0.2, 0) is 4.79 Å². The predicted octanol–water partition coefficient (Wildman–Crippen LogP) is 6.96. The zero-order valence-electron chi connectivity index (χ0n) is 21.0. The maximum absolute atomic E-state index is 12.5. The van der Waals surface area contributed by atoms with Gasteiger partial charge in [-0.05, 0) is 110 Å². The van der Waals surface area contributed by atoms with Gasteiger partial charge in [-0.2, -0.15) is 0 Å². The number of hydrogen-bond donors (Lipinski definition) is 1. The van der Waals surface area contributed by atoms with E-state index >= 15 is 0 Å². The first-order valence-electron chi connectivity index (χ1n) is 13.3. The van der Waals surface area contributed by atoms with Crippen LogP contribution in [0.4, 0.5) is 0 Å². The summed E-state index contributed by atoms with van der Waals surface area (Å²) >= 11 is 0. The highest BCUT2D eigenvalue weighted by Crippen LogP contribution is 2.75. The van der Waals surface area contributed by atoms with Gasteiger partial charge in [-0.1, -0.05) is 53.2 Å². The molecule has 5 aliphatic rings. The van der Waals surface area contributed by atoms with Gasteiger partial charge in [0.1, 0.15) is 6.29 Å². The largest absolute Gasteiger partial charge is 0.393 e. The summed E-state index contributed by atoms with van der Waals surface area (Å²) in [5.74, 6) is 2.50. The Balaban J connectivity index is 1.58. The van der Waals surface area contributed by atoms with Crippen molar-refractivity contribution >= 4 is 6.29 Å². The van der Waals surface area contributed by atoms with Crippen LogP contribution >= 0.6 is 0 Å². The van der Waals surface area contributed by atoms with Crippen LogP contribution in [0.2, 0.25) is 0 Å². The van der Waals surface area contributed by atoms with Crippen molar-refractivity contribution in [2.24, 2.45) is 50.7 Å². The summed E-state index contributed by atoms with van der Waals surface area (Å²) < 4.78 is 0. The fourth-order valence-electron chi connectivity index (χ4n) is 10.4. The van der Waals surface area contributed by atoms with Crippen LogP contribution in [0, 0.1) is 50.7 Å². The van der Waals surface area contributed by atoms with E-state index in [1.165, 1.54) is 51.2 Å². The Labute approximate surface area is 190 Å². The van der Waals surface area contributed by atoms with E-state index < -0.39 is 0 Å². The molecular formula is C29H46O2. The molecule has 0 aromatic carbocycles. The van der Waals surface area contributed by atoms with E-state index in [0.29, 0.717) is 28.6 Å². The highest BCUT2D eigenvalue weighted by molar-refractivity contribution is 5.63. The molecule has 0 aromatic rings. The van der Waals surface area contributed by atoms with Crippen molar-refractivity contribution in [2.75, 3.05) is 0 Å². The third kappa shape index (κ3) is 2.64. The van der Waals surface area contributed by atoms with Gasteiger partial charge in [0.2, 0.25) is 0 Å². The zero-order chi connectivity index (χ0) is 22.4. The van der Waals surface area contributed by atoms with Gasteiger partial charge >= 0.3 is 0 Å². The fraction of sp³-hybridized carbons (Fsp3) is 0.897. The standard InChI is InChI=1S/C29H46O2/c1-19-9-14-29(18-30)16-15-27(5)20(21(29)17-19)7-8-23-26(4)12-11-24(31)25(2,3)22(26)10-13-28(23,27)6/h7,18-19,21-24,31H,8-17H2,1-6H3/t19-,21-,22?,23?,24-,26-,27-,28+,29+/m0/s1. The minimum atomic E-state index is -0.160. The maximum Gasteiger partial charge on any atom is 0.126 e. The van der Waals surface area contributed by atoms with E-state index in [1.54, 1.807) is 5.57 Å². The zero-order valence-corrected chi connectivity index (χ0v) is 21.0. The summed E-state index contributed by atoms with van der Waals surface area (Å²) in [6.07, 6.45) is 15.5. The van der Waals surface area contributed by atoms with Gasteiger partial charge in [-0.3, -0.25) is 0 Å². The molecule has 0 heterocycles. The third-order valence-corrected chi connectivity index (χ3v) is 12.6. The van der Waals surface area contributed by atoms with Gasteiger partial charge < -0.3 is 9.90 Å². The van der Waals surface area contributed by atoms with Crippen LogP contribution in [0.1, 0.15) is 106 Å². The van der Waals surface area contributed by atoms with E-state index in [-0.39, 0.29) is 22.3 Å². The highest BCUT2D eigenvalue weighted by Gasteiger charge is 2.67. The fourth-order valence-corrected chi connectivity index (χ4v) is 10.4. The SMILES string of the molecule is C[C@H]1CC[C@]2(C=O)CC[C@@]3(C)C(=CCC4[C@@]5(C)CC[C@H](O)C(C)(C)C5CC[C@]43C)[C@@H]2C1. The van der Waals surface area contributed by atoms with Gasteiger partial charge in [-0.15, -0.1) is 0 Å². The smallest absolute Gasteiger partial charge is 0.126 e. The molecule has 0 amide bonds. The van der Waals surface area contributed by atoms with Crippen molar-refractivity contribution in [3.05, 3.63) is 11.6 Å². The molecule has 0 aliphatic heterocycles. The second-order valence-corrected chi connectivity index (χ2v) is 14.0. The van der Waals surface area contributed by atoms with Crippen LogP contribution in [0.3, 0.4) is 0 Å². The topological polar surface area (TPSA) is 37.3 Å². The van der Waals surface area contributed by atoms with Crippen LogP contribution in [0.5, 0.6) is 0 Å². The molecule has 174 valence electrons. The summed E-state index contributed by atoms with van der Waals surface area (Å²) in [6, 6.07) is 0. The van der Waals surface area contributed by atoms with E-state index in [1.807, 2.05) is 0 Å². The second kappa shape index (κ2) is 6.71. The molecule has 4 saturated carbocycles. The summed E-state index contributed by atoms with van der Waals surface area (Å²) in [4.78, 5) is 12.5. The summed E-state index contributed by atoms with van der Waals surface area (Å²) in [7, 11) is 0. The van der Waals surface area contributed by atoms with Gasteiger partial charge in [-0.25, -0.2) is 0 Å². The van der Waals surface area contributed by atoms with Crippen molar-refractivity contribution in [1.82, 2.24) is 0 Å². The Kier molecular flexibility index (Phi) is 4.80. The average molecular weight is 427 g/mol. The third-order valence-electron chi connectivity index (χ3n) is 12.6. The van der Waals surface area contributed by atoms with Crippen molar-refractivity contribution in [3.63, 3.8) is 0 Å². The van der Waals surface area contributed by atoms with Gasteiger partial charge in [0, 0.05) is 5.41 Å². The number of hydrogen-bond acceptors (Lipinski definition) is 2. The molecule has 4 fully saturated rings. The van der Waals surface area contributed by atoms with Crippen molar-refractivity contribution in [3.8, 4) is 0 Å². The summed E-state index contributed by atoms with van der Waals surface area (Å²) in [5, 5.41) is 10.9. The quantitative estimate of drug-likeness (QED) is 0.363. The lowest BCUT2D eigenvalue weighted by Gasteiger charge is -2.71. The number of fused-ring (bicyclic) bond motifs is 7. The van der Waals surface area contributed by atoms with Crippen LogP contribution in [0.15, 0.2) is 11.6 Å². The van der Waals surface area contributed by atoms with E-state index in [9.17, 15) is 9.90 Å². The molecule has 5 rings (SSSR count). The number of rotatable bonds is 1. The van der Waals surface area contributed by atoms with Crippen molar-refractivity contribution in [2.45, 2.75) is 112 Å². The number of carbonyl (C=O) groups is 1. The van der Waals surface area contributed by atoms with E-state index in [0.717, 1.165) is 25.2 Å². The molecule has 2 nitrogen and oxygen atoms in total. The Morgan fingerprint density at radius 1 is 0.935 bits per heavy atom. The first-order valence-corrected chi connectivity index (χ1v) is 13.3. The predicted molar refractivity (Wildman–Crippen MR) is 126 cm³/mol. The van der Waals surface area contributed by atoms with Crippen molar-refractivity contribution < 1.29 is 9.90 Å². The molecule has 0 aromatic heterocycles. The lowest BCUT2D eigenvalue weighted by molar-refractivity contribution is -0.202. The number of allylic oxidation sites excluding steroid dienone is 2. The molecule has 0 saturated heterocycles. The number of aliphatic hydroxyl groups excluding tert-OH is 1. The minimum absolute atomic E-state index is 0.0112. The number of aliphatic hydroxyl groups is 1. The number of aldehydes is 1. The number of carbonyl (C=O) groups excluding carboxylic acids is 1. The van der Waals surface area contributed by atoms with E-state index in [4.69, 9.17) is 0 Å². The molecule has 2 heteroatoms. The van der Waals surface area contributed by atoms with Crippen LogP contribution < -0.4 is 0 Å². The molecule has 9 atom stereocenters. The Bertz CT molecular complexity index is 797. The molecule has 2 unspecified atom stereocenters.